The Bertz CT molecular complexity index is 118. The zero-order chi connectivity index (χ0) is 6.41. The van der Waals surface area contributed by atoms with Crippen molar-refractivity contribution in [1.29, 1.82) is 0 Å². The highest BCUT2D eigenvalue weighted by Crippen LogP contribution is 2.13. The Morgan fingerprint density at radius 3 is 2.62 bits per heavy atom. The van der Waals surface area contributed by atoms with E-state index in [4.69, 9.17) is 0 Å². The molecule has 0 rings (SSSR count). The van der Waals surface area contributed by atoms with Crippen molar-refractivity contribution in [2.24, 2.45) is 0 Å². The molecule has 44 valence electrons. The molecule has 1 heteroatoms. The molecule has 0 spiro atoms. The zero-order valence-corrected chi connectivity index (χ0v) is 5.92. The van der Waals surface area contributed by atoms with Gasteiger partial charge in [-0.2, -0.15) is 0 Å². The molecule has 0 aliphatic carbocycles. The summed E-state index contributed by atoms with van der Waals surface area (Å²) in [6.07, 6.45) is 4.76. The van der Waals surface area contributed by atoms with Gasteiger partial charge >= 0.3 is 0 Å². The minimum Gasteiger partial charge on any atom is -0.125 e. The number of allylic oxidation sites excluding steroid dienone is 2. The molecule has 0 aliphatic heterocycles. The largest absolute Gasteiger partial charge is 0.125 e. The van der Waals surface area contributed by atoms with E-state index in [0.717, 1.165) is 11.3 Å². The lowest BCUT2D eigenvalue weighted by molar-refractivity contribution is 1.38. The van der Waals surface area contributed by atoms with Gasteiger partial charge in [-0.1, -0.05) is 12.7 Å². The summed E-state index contributed by atoms with van der Waals surface area (Å²) in [4.78, 5) is 1.15. The van der Waals surface area contributed by atoms with Crippen molar-refractivity contribution in [3.63, 3.8) is 0 Å². The monoisotopic (exact) mass is 126 g/mol. The Kier molecular flexibility index (Phi) is 4.53. The van der Waals surface area contributed by atoms with Crippen LogP contribution in [-0.2, 0) is 0 Å². The predicted molar refractivity (Wildman–Crippen MR) is 41.0 cm³/mol. The summed E-state index contributed by atoms with van der Waals surface area (Å²) >= 11 is 1.67. The van der Waals surface area contributed by atoms with E-state index in [1.54, 1.807) is 11.8 Å². The summed E-state index contributed by atoms with van der Waals surface area (Å²) in [7, 11) is 0. The average Bonchev–Trinajstić information content (AvgIpc) is 1.83. The van der Waals surface area contributed by atoms with Crippen LogP contribution in [-0.4, -0.2) is 6.26 Å². The van der Waals surface area contributed by atoms with E-state index in [1.807, 2.05) is 12.3 Å². The molecule has 0 fully saturated rings. The van der Waals surface area contributed by atoms with Gasteiger partial charge in [-0.15, -0.1) is 24.1 Å². The molecule has 0 N–H and O–H groups in total. The van der Waals surface area contributed by atoms with E-state index in [-0.39, 0.29) is 0 Å². The van der Waals surface area contributed by atoms with Crippen molar-refractivity contribution in [3.8, 4) is 0 Å². The summed E-state index contributed by atoms with van der Waals surface area (Å²) in [5, 5.41) is 0. The lowest BCUT2D eigenvalue weighted by Crippen LogP contribution is -1.66. The topological polar surface area (TPSA) is 0 Å². The Labute approximate surface area is 55.0 Å². The lowest BCUT2D eigenvalue weighted by atomic mass is 10.4. The maximum absolute atomic E-state index is 3.59. The molecule has 0 atom stereocenters. The Hall–Kier alpha value is -0.390. The zero-order valence-electron chi connectivity index (χ0n) is 5.11. The van der Waals surface area contributed by atoms with Gasteiger partial charge in [-0.25, -0.2) is 0 Å². The highest BCUT2D eigenvalue weighted by atomic mass is 32.2. The summed E-state index contributed by atoms with van der Waals surface area (Å²) < 4.78 is 0. The molecule has 0 bridgehead atoms. The lowest BCUT2D eigenvalue weighted by Gasteiger charge is -1.90. The van der Waals surface area contributed by atoms with Gasteiger partial charge in [0.05, 0.1) is 0 Å². The van der Waals surface area contributed by atoms with Crippen molar-refractivity contribution in [3.05, 3.63) is 29.9 Å². The molecule has 0 aromatic rings. The first-order chi connectivity index (χ1) is 3.85. The van der Waals surface area contributed by atoms with Gasteiger partial charge in [0.1, 0.15) is 0 Å². The molecule has 8 heavy (non-hydrogen) atoms. The second-order valence-electron chi connectivity index (χ2n) is 1.30. The third-order valence-corrected chi connectivity index (χ3v) is 1.58. The van der Waals surface area contributed by atoms with Gasteiger partial charge in [0, 0.05) is 11.3 Å². The minimum absolute atomic E-state index is 0.894. The maximum atomic E-state index is 3.59. The van der Waals surface area contributed by atoms with Gasteiger partial charge in [-0.3, -0.25) is 0 Å². The second-order valence-corrected chi connectivity index (χ2v) is 2.20. The summed E-state index contributed by atoms with van der Waals surface area (Å²) in [5.74, 6) is 0. The molecule has 0 nitrogen and oxygen atoms in total. The van der Waals surface area contributed by atoms with E-state index < -0.39 is 0 Å². The van der Waals surface area contributed by atoms with Gasteiger partial charge in [-0.05, 0) is 6.26 Å². The van der Waals surface area contributed by atoms with Gasteiger partial charge in [0.2, 0.25) is 0 Å². The standard InChI is InChI=1S/C7H10S/c1-4-6-7(5-2)8-3/h4H,1-2,6H2,3H3. The Morgan fingerprint density at radius 1 is 1.88 bits per heavy atom. The molecule has 0 radical (unpaired) electrons. The number of thioether (sulfide) groups is 1. The molecule has 0 amide bonds. The minimum atomic E-state index is 0.894. The highest BCUT2D eigenvalue weighted by molar-refractivity contribution is 8.02. The van der Waals surface area contributed by atoms with Crippen LogP contribution in [0.5, 0.6) is 0 Å². The van der Waals surface area contributed by atoms with E-state index in [9.17, 15) is 0 Å². The average molecular weight is 126 g/mol. The maximum Gasteiger partial charge on any atom is 0.0294 e. The summed E-state index contributed by atoms with van der Waals surface area (Å²) in [6.45, 7) is 7.11. The fourth-order valence-corrected chi connectivity index (χ4v) is 0.788. The van der Waals surface area contributed by atoms with Gasteiger partial charge in [0.15, 0.2) is 0 Å². The van der Waals surface area contributed by atoms with Crippen LogP contribution in [0.4, 0.5) is 0 Å². The second kappa shape index (κ2) is 4.76. The van der Waals surface area contributed by atoms with E-state index in [0.29, 0.717) is 0 Å². The third kappa shape index (κ3) is 2.73. The number of hydrogen-bond donors (Lipinski definition) is 0. The van der Waals surface area contributed by atoms with Crippen LogP contribution >= 0.6 is 11.8 Å². The summed E-state index contributed by atoms with van der Waals surface area (Å²) in [5.41, 5.74) is 2.81. The number of hydrogen-bond acceptors (Lipinski definition) is 1. The SMILES string of the molecule is C=C=C(CC=C)SC. The van der Waals surface area contributed by atoms with Crippen LogP contribution in [0.25, 0.3) is 0 Å². The first-order valence-electron chi connectivity index (χ1n) is 2.39. The smallest absolute Gasteiger partial charge is 0.0294 e. The Morgan fingerprint density at radius 2 is 2.50 bits per heavy atom. The third-order valence-electron chi connectivity index (χ3n) is 0.773. The molecule has 0 saturated carbocycles. The van der Waals surface area contributed by atoms with Crippen LogP contribution < -0.4 is 0 Å². The van der Waals surface area contributed by atoms with Crippen LogP contribution in [0, 0.1) is 0 Å². The van der Waals surface area contributed by atoms with Gasteiger partial charge in [0.25, 0.3) is 0 Å². The molecule has 0 aromatic heterocycles. The fraction of sp³-hybridized carbons (Fsp3) is 0.286. The van der Waals surface area contributed by atoms with Crippen molar-refractivity contribution in [1.82, 2.24) is 0 Å². The predicted octanol–water partition coefficient (Wildman–Crippen LogP) is 2.59. The van der Waals surface area contributed by atoms with Crippen LogP contribution in [0.15, 0.2) is 29.9 Å². The van der Waals surface area contributed by atoms with Crippen LogP contribution in [0.1, 0.15) is 6.42 Å². The molecular formula is C7H10S. The summed E-state index contributed by atoms with van der Waals surface area (Å²) in [6, 6.07) is 0. The first-order valence-corrected chi connectivity index (χ1v) is 3.61. The van der Waals surface area contributed by atoms with E-state index in [1.165, 1.54) is 0 Å². The van der Waals surface area contributed by atoms with Crippen molar-refractivity contribution in [2.75, 3.05) is 6.26 Å². The van der Waals surface area contributed by atoms with Gasteiger partial charge < -0.3 is 0 Å². The van der Waals surface area contributed by atoms with Crippen LogP contribution in [0.2, 0.25) is 0 Å². The first kappa shape index (κ1) is 7.61. The molecule has 0 heterocycles. The molecule has 0 aromatic carbocycles. The van der Waals surface area contributed by atoms with Crippen LogP contribution in [0.3, 0.4) is 0 Å². The molecule has 0 unspecified atom stereocenters. The molecule has 0 aliphatic rings. The van der Waals surface area contributed by atoms with E-state index >= 15 is 0 Å². The van der Waals surface area contributed by atoms with E-state index in [2.05, 4.69) is 18.9 Å². The van der Waals surface area contributed by atoms with Crippen molar-refractivity contribution >= 4 is 11.8 Å². The fourth-order valence-electron chi connectivity index (χ4n) is 0.359. The number of rotatable bonds is 3. The molecule has 0 saturated heterocycles. The van der Waals surface area contributed by atoms with Crippen molar-refractivity contribution < 1.29 is 0 Å². The highest BCUT2D eigenvalue weighted by Gasteiger charge is 1.84. The molecular weight excluding hydrogens is 116 g/mol. The van der Waals surface area contributed by atoms with Crippen molar-refractivity contribution in [2.45, 2.75) is 6.42 Å². The normalized spacial score (nSPS) is 7.62. The Balaban J connectivity index is 3.72. The quantitative estimate of drug-likeness (QED) is 0.413.